The number of ether oxygens (including phenoxy) is 1. The van der Waals surface area contributed by atoms with Crippen LogP contribution in [0.3, 0.4) is 0 Å². The van der Waals surface area contributed by atoms with Crippen molar-refractivity contribution >= 4 is 17.9 Å². The molecule has 1 aromatic carbocycles. The van der Waals surface area contributed by atoms with Crippen LogP contribution in [-0.4, -0.2) is 12.9 Å². The van der Waals surface area contributed by atoms with Crippen molar-refractivity contribution in [3.63, 3.8) is 0 Å². The van der Waals surface area contributed by atoms with Crippen LogP contribution in [0.15, 0.2) is 18.2 Å². The summed E-state index contributed by atoms with van der Waals surface area (Å²) < 4.78 is 5.48. The van der Waals surface area contributed by atoms with Crippen molar-refractivity contribution in [3.8, 4) is 11.8 Å². The maximum absolute atomic E-state index is 10.8. The van der Waals surface area contributed by atoms with Gasteiger partial charge in [0.15, 0.2) is 6.29 Å². The Hall–Kier alpha value is -1.53. The number of rotatable bonds is 5. The van der Waals surface area contributed by atoms with E-state index in [0.717, 1.165) is 0 Å². The van der Waals surface area contributed by atoms with E-state index in [9.17, 15) is 4.79 Å². The number of hydrogen-bond donors (Lipinski definition) is 0. The lowest BCUT2D eigenvalue weighted by Crippen LogP contribution is -2.13. The molecule has 3 nitrogen and oxygen atoms in total. The molecule has 0 heterocycles. The molecular formula is C13H14ClNO2. The first-order chi connectivity index (χ1) is 8.00. The Balaban J connectivity index is 2.68. The summed E-state index contributed by atoms with van der Waals surface area (Å²) in [6.07, 6.45) is 1.27. The van der Waals surface area contributed by atoms with Crippen LogP contribution in [0, 0.1) is 16.7 Å². The highest BCUT2D eigenvalue weighted by atomic mass is 35.5. The second kappa shape index (κ2) is 5.70. The van der Waals surface area contributed by atoms with Gasteiger partial charge in [0.1, 0.15) is 5.75 Å². The summed E-state index contributed by atoms with van der Waals surface area (Å²) in [7, 11) is 0. The fourth-order valence-electron chi connectivity index (χ4n) is 1.23. The molecule has 0 bridgehead atoms. The largest absolute Gasteiger partial charge is 0.493 e. The number of benzene rings is 1. The van der Waals surface area contributed by atoms with Gasteiger partial charge in [-0.15, -0.1) is 0 Å². The number of aldehydes is 1. The Kier molecular flexibility index (Phi) is 4.53. The molecule has 17 heavy (non-hydrogen) atoms. The van der Waals surface area contributed by atoms with Crippen LogP contribution >= 0.6 is 11.6 Å². The van der Waals surface area contributed by atoms with Crippen LogP contribution in [0.1, 0.15) is 30.6 Å². The molecule has 0 fully saturated rings. The summed E-state index contributed by atoms with van der Waals surface area (Å²) in [5.74, 6) is 0.459. The van der Waals surface area contributed by atoms with E-state index in [4.69, 9.17) is 21.6 Å². The molecule has 0 amide bonds. The number of nitriles is 1. The van der Waals surface area contributed by atoms with Gasteiger partial charge in [0.05, 0.1) is 28.7 Å². The first-order valence-electron chi connectivity index (χ1n) is 5.28. The van der Waals surface area contributed by atoms with Crippen LogP contribution < -0.4 is 4.74 Å². The highest BCUT2D eigenvalue weighted by molar-refractivity contribution is 6.33. The topological polar surface area (TPSA) is 50.1 Å². The fourth-order valence-corrected chi connectivity index (χ4v) is 1.44. The molecule has 0 unspecified atom stereocenters. The molecule has 0 saturated carbocycles. The lowest BCUT2D eigenvalue weighted by Gasteiger charge is -2.16. The zero-order valence-electron chi connectivity index (χ0n) is 9.87. The number of halogens is 1. The number of carbonyl (C=O) groups excluding carboxylic acids is 1. The lowest BCUT2D eigenvalue weighted by atomic mass is 9.92. The Morgan fingerprint density at radius 3 is 2.82 bits per heavy atom. The van der Waals surface area contributed by atoms with Crippen molar-refractivity contribution in [3.05, 3.63) is 28.8 Å². The average Bonchev–Trinajstić information content (AvgIpc) is 2.29. The summed E-state index contributed by atoms with van der Waals surface area (Å²) in [6, 6.07) is 7.24. The van der Waals surface area contributed by atoms with E-state index in [1.165, 1.54) is 0 Å². The third-order valence-corrected chi connectivity index (χ3v) is 2.75. The molecule has 0 aliphatic heterocycles. The molecule has 0 spiro atoms. The predicted molar refractivity (Wildman–Crippen MR) is 66.3 cm³/mol. The molecule has 1 aromatic rings. The molecule has 0 saturated heterocycles. The normalized spacial score (nSPS) is 10.7. The van der Waals surface area contributed by atoms with E-state index in [0.29, 0.717) is 35.6 Å². The predicted octanol–water partition coefficient (Wildman–Crippen LogP) is 3.47. The van der Waals surface area contributed by atoms with Crippen LogP contribution in [0.4, 0.5) is 0 Å². The molecule has 0 aliphatic rings. The van der Waals surface area contributed by atoms with Gasteiger partial charge in [-0.05, 0) is 32.4 Å². The molecule has 4 heteroatoms. The van der Waals surface area contributed by atoms with Gasteiger partial charge in [-0.1, -0.05) is 17.7 Å². The van der Waals surface area contributed by atoms with Crippen molar-refractivity contribution in [2.24, 2.45) is 5.41 Å². The molecule has 0 N–H and O–H groups in total. The lowest BCUT2D eigenvalue weighted by molar-refractivity contribution is 0.111. The first-order valence-corrected chi connectivity index (χ1v) is 5.66. The van der Waals surface area contributed by atoms with Gasteiger partial charge in [0.25, 0.3) is 0 Å². The van der Waals surface area contributed by atoms with Gasteiger partial charge in [-0.3, -0.25) is 4.79 Å². The van der Waals surface area contributed by atoms with Gasteiger partial charge in [0, 0.05) is 0 Å². The van der Waals surface area contributed by atoms with Crippen molar-refractivity contribution in [2.75, 3.05) is 6.61 Å². The molecule has 0 radical (unpaired) electrons. The molecule has 0 aliphatic carbocycles. The van der Waals surface area contributed by atoms with Gasteiger partial charge in [0.2, 0.25) is 0 Å². The Labute approximate surface area is 106 Å². The fraction of sp³-hybridized carbons (Fsp3) is 0.385. The summed E-state index contributed by atoms with van der Waals surface area (Å²) in [5, 5.41) is 9.23. The van der Waals surface area contributed by atoms with E-state index in [-0.39, 0.29) is 0 Å². The molecule has 90 valence electrons. The zero-order chi connectivity index (χ0) is 12.9. The second-order valence-corrected chi connectivity index (χ2v) is 4.77. The molecular weight excluding hydrogens is 238 g/mol. The minimum absolute atomic E-state index is 0.351. The van der Waals surface area contributed by atoms with E-state index in [2.05, 4.69) is 6.07 Å². The number of carbonyl (C=O) groups is 1. The maximum atomic E-state index is 10.8. The van der Waals surface area contributed by atoms with Gasteiger partial charge < -0.3 is 4.74 Å². The Morgan fingerprint density at radius 1 is 1.53 bits per heavy atom. The van der Waals surface area contributed by atoms with Crippen LogP contribution in [-0.2, 0) is 0 Å². The second-order valence-electron chi connectivity index (χ2n) is 4.36. The van der Waals surface area contributed by atoms with Crippen LogP contribution in [0.25, 0.3) is 0 Å². The third-order valence-electron chi connectivity index (χ3n) is 2.42. The minimum Gasteiger partial charge on any atom is -0.493 e. The zero-order valence-corrected chi connectivity index (χ0v) is 10.6. The summed E-state index contributed by atoms with van der Waals surface area (Å²) >= 11 is 5.86. The van der Waals surface area contributed by atoms with Crippen molar-refractivity contribution < 1.29 is 9.53 Å². The van der Waals surface area contributed by atoms with E-state index >= 15 is 0 Å². The van der Waals surface area contributed by atoms with Crippen molar-refractivity contribution in [1.29, 1.82) is 5.26 Å². The SMILES string of the molecule is CC(C)(C#N)CCOc1cccc(Cl)c1C=O. The summed E-state index contributed by atoms with van der Waals surface area (Å²) in [5.41, 5.74) is -0.0798. The number of nitrogens with zero attached hydrogens (tertiary/aromatic N) is 1. The smallest absolute Gasteiger partial charge is 0.155 e. The van der Waals surface area contributed by atoms with Gasteiger partial charge in [-0.2, -0.15) is 5.26 Å². The third kappa shape index (κ3) is 3.76. The summed E-state index contributed by atoms with van der Waals surface area (Å²) in [6.45, 7) is 4.06. The van der Waals surface area contributed by atoms with Gasteiger partial charge in [-0.25, -0.2) is 0 Å². The monoisotopic (exact) mass is 251 g/mol. The summed E-state index contributed by atoms with van der Waals surface area (Å²) in [4.78, 5) is 10.8. The molecule has 1 rings (SSSR count). The highest BCUT2D eigenvalue weighted by Crippen LogP contribution is 2.26. The van der Waals surface area contributed by atoms with E-state index in [1.807, 2.05) is 13.8 Å². The highest BCUT2D eigenvalue weighted by Gasteiger charge is 2.17. The van der Waals surface area contributed by atoms with Crippen molar-refractivity contribution in [2.45, 2.75) is 20.3 Å². The standard InChI is InChI=1S/C13H14ClNO2/c1-13(2,9-15)6-7-17-12-5-3-4-11(14)10(12)8-16/h3-5,8H,6-7H2,1-2H3. The first kappa shape index (κ1) is 13.5. The quantitative estimate of drug-likeness (QED) is 0.753. The van der Waals surface area contributed by atoms with Crippen molar-refractivity contribution in [1.82, 2.24) is 0 Å². The Morgan fingerprint density at radius 2 is 2.24 bits per heavy atom. The Bertz CT molecular complexity index is 449. The van der Waals surface area contributed by atoms with Gasteiger partial charge >= 0.3 is 0 Å². The minimum atomic E-state index is -0.431. The van der Waals surface area contributed by atoms with Crippen LogP contribution in [0.5, 0.6) is 5.75 Å². The molecule has 0 aromatic heterocycles. The molecule has 0 atom stereocenters. The number of hydrogen-bond acceptors (Lipinski definition) is 3. The average molecular weight is 252 g/mol. The van der Waals surface area contributed by atoms with E-state index < -0.39 is 5.41 Å². The maximum Gasteiger partial charge on any atom is 0.155 e. The van der Waals surface area contributed by atoms with E-state index in [1.54, 1.807) is 18.2 Å². The van der Waals surface area contributed by atoms with Crippen LogP contribution in [0.2, 0.25) is 5.02 Å².